The fourth-order valence-corrected chi connectivity index (χ4v) is 3.02. The Morgan fingerprint density at radius 1 is 0.852 bits per heavy atom. The molecule has 0 aliphatic rings. The average molecular weight is 358 g/mol. The van der Waals surface area contributed by atoms with E-state index in [-0.39, 0.29) is 5.91 Å². The lowest BCUT2D eigenvalue weighted by atomic mass is 10.1. The number of aryl methyl sites for hydroxylation is 2. The molecule has 134 valence electrons. The van der Waals surface area contributed by atoms with Crippen molar-refractivity contribution in [2.24, 2.45) is 0 Å². The van der Waals surface area contributed by atoms with Gasteiger partial charge in [0.1, 0.15) is 6.33 Å². The van der Waals surface area contributed by atoms with E-state index in [1.165, 1.54) is 6.33 Å². The van der Waals surface area contributed by atoms with E-state index in [9.17, 15) is 4.79 Å². The lowest BCUT2D eigenvalue weighted by Crippen LogP contribution is -2.12. The third kappa shape index (κ3) is 3.35. The molecule has 2 aromatic heterocycles. The number of hydrogen-bond acceptors (Lipinski definition) is 4. The molecule has 0 radical (unpaired) electrons. The Balaban J connectivity index is 1.48. The third-order valence-electron chi connectivity index (χ3n) is 4.40. The van der Waals surface area contributed by atoms with Gasteiger partial charge in [-0.2, -0.15) is 0 Å². The minimum Gasteiger partial charge on any atom is -0.322 e. The van der Waals surface area contributed by atoms with Crippen LogP contribution in [0.25, 0.3) is 11.4 Å². The number of benzene rings is 2. The number of tetrazole rings is 1. The Morgan fingerprint density at radius 3 is 2.07 bits per heavy atom. The summed E-state index contributed by atoms with van der Waals surface area (Å²) in [6.45, 7) is 4.12. The molecule has 4 rings (SSSR count). The van der Waals surface area contributed by atoms with Crippen LogP contribution in [0, 0.1) is 13.8 Å². The summed E-state index contributed by atoms with van der Waals surface area (Å²) in [5, 5.41) is 13.9. The van der Waals surface area contributed by atoms with E-state index < -0.39 is 0 Å². The molecule has 0 unspecified atom stereocenters. The Labute approximate surface area is 156 Å². The summed E-state index contributed by atoms with van der Waals surface area (Å²) in [6.07, 6.45) is 1.52. The number of carbonyl (C=O) groups excluding carboxylic acids is 1. The van der Waals surface area contributed by atoms with Crippen LogP contribution in [0.3, 0.4) is 0 Å². The summed E-state index contributed by atoms with van der Waals surface area (Å²) in [7, 11) is 0. The third-order valence-corrected chi connectivity index (χ3v) is 4.40. The fraction of sp³-hybridized carbons (Fsp3) is 0.100. The van der Waals surface area contributed by atoms with Crippen molar-refractivity contribution in [2.45, 2.75) is 13.8 Å². The maximum absolute atomic E-state index is 12.5. The molecule has 0 spiro atoms. The molecule has 0 fully saturated rings. The second kappa shape index (κ2) is 6.87. The number of rotatable bonds is 4. The van der Waals surface area contributed by atoms with E-state index in [1.54, 1.807) is 4.68 Å². The topological polar surface area (TPSA) is 77.6 Å². The molecule has 0 saturated heterocycles. The lowest BCUT2D eigenvalue weighted by Gasteiger charge is -2.11. The normalized spacial score (nSPS) is 10.7. The van der Waals surface area contributed by atoms with Gasteiger partial charge in [-0.05, 0) is 84.9 Å². The number of amides is 1. The molecule has 2 aromatic carbocycles. The van der Waals surface area contributed by atoms with E-state index in [0.717, 1.165) is 22.8 Å². The average Bonchev–Trinajstić information content (AvgIpc) is 3.33. The second-order valence-corrected chi connectivity index (χ2v) is 6.25. The van der Waals surface area contributed by atoms with Gasteiger partial charge in [-0.3, -0.25) is 4.79 Å². The van der Waals surface area contributed by atoms with Gasteiger partial charge in [0.25, 0.3) is 5.91 Å². The van der Waals surface area contributed by atoms with Crippen molar-refractivity contribution in [3.05, 3.63) is 83.9 Å². The van der Waals surface area contributed by atoms with Gasteiger partial charge in [-0.1, -0.05) is 0 Å². The maximum Gasteiger partial charge on any atom is 0.255 e. The summed E-state index contributed by atoms with van der Waals surface area (Å²) in [6, 6.07) is 19.0. The molecule has 0 atom stereocenters. The molecule has 0 aliphatic heterocycles. The van der Waals surface area contributed by atoms with Crippen LogP contribution in [0.5, 0.6) is 0 Å². The maximum atomic E-state index is 12.5. The van der Waals surface area contributed by atoms with Gasteiger partial charge in [0.05, 0.1) is 5.69 Å². The molecule has 27 heavy (non-hydrogen) atoms. The zero-order valence-electron chi connectivity index (χ0n) is 15.0. The highest BCUT2D eigenvalue weighted by molar-refractivity contribution is 6.04. The van der Waals surface area contributed by atoms with Crippen LogP contribution in [0.15, 0.2) is 67.0 Å². The van der Waals surface area contributed by atoms with Crippen molar-refractivity contribution in [3.63, 3.8) is 0 Å². The molecule has 4 aromatic rings. The van der Waals surface area contributed by atoms with Crippen molar-refractivity contribution in [1.82, 2.24) is 24.8 Å². The van der Waals surface area contributed by atoms with Gasteiger partial charge in [-0.25, -0.2) is 4.68 Å². The van der Waals surface area contributed by atoms with Crippen LogP contribution >= 0.6 is 0 Å². The highest BCUT2D eigenvalue weighted by Gasteiger charge is 2.09. The smallest absolute Gasteiger partial charge is 0.255 e. The van der Waals surface area contributed by atoms with Crippen LogP contribution in [0.2, 0.25) is 0 Å². The van der Waals surface area contributed by atoms with E-state index in [0.29, 0.717) is 11.3 Å². The SMILES string of the molecule is Cc1ccc(C)n1-c1ccc(C(=O)Nc2ccc(-n3cnnn3)cc2)cc1. The van der Waals surface area contributed by atoms with Gasteiger partial charge in [0.15, 0.2) is 0 Å². The number of aromatic nitrogens is 5. The predicted molar refractivity (Wildman–Crippen MR) is 102 cm³/mol. The first kappa shape index (κ1) is 16.7. The molecule has 2 heterocycles. The highest BCUT2D eigenvalue weighted by atomic mass is 16.1. The van der Waals surface area contributed by atoms with Crippen molar-refractivity contribution in [2.75, 3.05) is 5.32 Å². The second-order valence-electron chi connectivity index (χ2n) is 6.25. The summed E-state index contributed by atoms with van der Waals surface area (Å²) >= 11 is 0. The summed E-state index contributed by atoms with van der Waals surface area (Å²) in [5.74, 6) is -0.155. The van der Waals surface area contributed by atoms with Crippen molar-refractivity contribution in [1.29, 1.82) is 0 Å². The minimum atomic E-state index is -0.155. The molecular weight excluding hydrogens is 340 g/mol. The molecule has 0 aliphatic carbocycles. The van der Waals surface area contributed by atoms with E-state index >= 15 is 0 Å². The molecule has 7 heteroatoms. The first-order chi connectivity index (χ1) is 13.1. The largest absolute Gasteiger partial charge is 0.322 e. The van der Waals surface area contributed by atoms with Crippen molar-refractivity contribution >= 4 is 11.6 Å². The van der Waals surface area contributed by atoms with Crippen LogP contribution < -0.4 is 5.32 Å². The number of anilines is 1. The Bertz CT molecular complexity index is 1040. The van der Waals surface area contributed by atoms with Gasteiger partial charge >= 0.3 is 0 Å². The summed E-state index contributed by atoms with van der Waals surface area (Å²) in [5.41, 5.74) is 5.49. The number of nitrogens with zero attached hydrogens (tertiary/aromatic N) is 5. The molecule has 0 saturated carbocycles. The van der Waals surface area contributed by atoms with Gasteiger partial charge in [-0.15, -0.1) is 5.10 Å². The molecule has 0 bridgehead atoms. The predicted octanol–water partition coefficient (Wildman–Crippen LogP) is 3.32. The Morgan fingerprint density at radius 2 is 1.48 bits per heavy atom. The molecular formula is C20H18N6O. The van der Waals surface area contributed by atoms with Gasteiger partial charge < -0.3 is 9.88 Å². The molecule has 7 nitrogen and oxygen atoms in total. The first-order valence-corrected chi connectivity index (χ1v) is 8.52. The number of nitrogens with one attached hydrogen (secondary N) is 1. The Hall–Kier alpha value is -3.74. The summed E-state index contributed by atoms with van der Waals surface area (Å²) in [4.78, 5) is 12.5. The lowest BCUT2D eigenvalue weighted by molar-refractivity contribution is 0.102. The minimum absolute atomic E-state index is 0.155. The number of carbonyl (C=O) groups is 1. The molecule has 1 amide bonds. The van der Waals surface area contributed by atoms with E-state index in [4.69, 9.17) is 0 Å². The fourth-order valence-electron chi connectivity index (χ4n) is 3.02. The number of hydrogen-bond donors (Lipinski definition) is 1. The van der Waals surface area contributed by atoms with Crippen LogP contribution in [-0.4, -0.2) is 30.7 Å². The van der Waals surface area contributed by atoms with Crippen LogP contribution in [0.4, 0.5) is 5.69 Å². The highest BCUT2D eigenvalue weighted by Crippen LogP contribution is 2.18. The standard InChI is InChI=1S/C20H18N6O/c1-14-3-4-15(2)26(14)19-9-5-16(6-10-19)20(27)22-17-7-11-18(12-8-17)25-13-21-23-24-25/h3-13H,1-2H3,(H,22,27). The van der Waals surface area contributed by atoms with E-state index in [1.807, 2.05) is 48.5 Å². The monoisotopic (exact) mass is 358 g/mol. The zero-order chi connectivity index (χ0) is 18.8. The quantitative estimate of drug-likeness (QED) is 0.607. The summed E-state index contributed by atoms with van der Waals surface area (Å²) < 4.78 is 3.70. The molecule has 1 N–H and O–H groups in total. The van der Waals surface area contributed by atoms with Gasteiger partial charge in [0, 0.05) is 28.3 Å². The first-order valence-electron chi connectivity index (χ1n) is 8.52. The van der Waals surface area contributed by atoms with E-state index in [2.05, 4.69) is 51.4 Å². The van der Waals surface area contributed by atoms with Crippen molar-refractivity contribution < 1.29 is 4.79 Å². The van der Waals surface area contributed by atoms with Crippen molar-refractivity contribution in [3.8, 4) is 11.4 Å². The Kier molecular flexibility index (Phi) is 4.25. The van der Waals surface area contributed by atoms with Crippen LogP contribution in [0.1, 0.15) is 21.7 Å². The zero-order valence-corrected chi connectivity index (χ0v) is 15.0. The van der Waals surface area contributed by atoms with Gasteiger partial charge in [0.2, 0.25) is 0 Å². The van der Waals surface area contributed by atoms with Crippen LogP contribution in [-0.2, 0) is 0 Å².